The highest BCUT2D eigenvalue weighted by Crippen LogP contribution is 2.28. The fraction of sp³-hybridized carbons (Fsp3) is 0.714. The van der Waals surface area contributed by atoms with Gasteiger partial charge in [0.15, 0.2) is 0 Å². The summed E-state index contributed by atoms with van der Waals surface area (Å²) >= 11 is 0. The van der Waals surface area contributed by atoms with Crippen molar-refractivity contribution in [3.05, 3.63) is 11.9 Å². The molecule has 5 heteroatoms. The zero-order valence-corrected chi connectivity index (χ0v) is 12.1. The smallest absolute Gasteiger partial charge is 0.134 e. The molecule has 0 amide bonds. The molecule has 2 rings (SSSR count). The van der Waals surface area contributed by atoms with Gasteiger partial charge in [0, 0.05) is 32.4 Å². The number of nitrogens with zero attached hydrogens (tertiary/aromatic N) is 2. The van der Waals surface area contributed by atoms with Gasteiger partial charge < -0.3 is 15.4 Å². The van der Waals surface area contributed by atoms with E-state index in [0.29, 0.717) is 11.8 Å². The predicted octanol–water partition coefficient (Wildman–Crippen LogP) is 2.48. The first kappa shape index (κ1) is 14.1. The molecule has 0 aliphatic carbocycles. The summed E-state index contributed by atoms with van der Waals surface area (Å²) in [6.45, 7) is 7.09. The van der Waals surface area contributed by atoms with Crippen LogP contribution >= 0.6 is 0 Å². The molecule has 0 bridgehead atoms. The van der Waals surface area contributed by atoms with Crippen molar-refractivity contribution in [2.24, 2.45) is 5.92 Å². The standard InChI is InChI=1S/C14H24N4O/c1-10(2)12-13(15-3)17-9-18-14(12)16-6-4-11-5-7-19-8-11/h9-11H,4-8H2,1-3H3,(H2,15,16,17,18). The second-order valence-electron chi connectivity index (χ2n) is 5.33. The van der Waals surface area contributed by atoms with Gasteiger partial charge in [-0.1, -0.05) is 13.8 Å². The SMILES string of the molecule is CNc1ncnc(NCCC2CCOC2)c1C(C)C. The molecule has 0 spiro atoms. The summed E-state index contributed by atoms with van der Waals surface area (Å²) in [6, 6.07) is 0. The van der Waals surface area contributed by atoms with Crippen LogP contribution in [0.25, 0.3) is 0 Å². The molecule has 1 aliphatic heterocycles. The van der Waals surface area contributed by atoms with Crippen LogP contribution in [0.15, 0.2) is 6.33 Å². The van der Waals surface area contributed by atoms with Crippen LogP contribution in [0.5, 0.6) is 0 Å². The average Bonchev–Trinajstić information content (AvgIpc) is 2.91. The van der Waals surface area contributed by atoms with Crippen molar-refractivity contribution in [2.75, 3.05) is 37.4 Å². The summed E-state index contributed by atoms with van der Waals surface area (Å²) < 4.78 is 5.39. The number of nitrogens with one attached hydrogen (secondary N) is 2. The molecular formula is C14H24N4O. The molecule has 0 aromatic carbocycles. The number of ether oxygens (including phenoxy) is 1. The average molecular weight is 264 g/mol. The van der Waals surface area contributed by atoms with Crippen LogP contribution in [0.2, 0.25) is 0 Å². The summed E-state index contributed by atoms with van der Waals surface area (Å²) in [5.41, 5.74) is 1.16. The van der Waals surface area contributed by atoms with Crippen LogP contribution in [0.4, 0.5) is 11.6 Å². The highest BCUT2D eigenvalue weighted by atomic mass is 16.5. The fourth-order valence-electron chi connectivity index (χ4n) is 2.49. The predicted molar refractivity (Wildman–Crippen MR) is 77.7 cm³/mol. The van der Waals surface area contributed by atoms with Gasteiger partial charge in [0.1, 0.15) is 18.0 Å². The minimum atomic E-state index is 0.390. The van der Waals surface area contributed by atoms with Crippen molar-refractivity contribution < 1.29 is 4.74 Å². The molecule has 2 N–H and O–H groups in total. The minimum absolute atomic E-state index is 0.390. The summed E-state index contributed by atoms with van der Waals surface area (Å²) in [4.78, 5) is 8.66. The Morgan fingerprint density at radius 1 is 1.37 bits per heavy atom. The van der Waals surface area contributed by atoms with Gasteiger partial charge in [-0.25, -0.2) is 9.97 Å². The van der Waals surface area contributed by atoms with Crippen molar-refractivity contribution in [3.8, 4) is 0 Å². The van der Waals surface area contributed by atoms with E-state index in [1.165, 1.54) is 6.42 Å². The Balaban J connectivity index is 1.98. The van der Waals surface area contributed by atoms with E-state index in [4.69, 9.17) is 4.74 Å². The summed E-state index contributed by atoms with van der Waals surface area (Å²) in [5, 5.41) is 6.59. The van der Waals surface area contributed by atoms with E-state index in [1.807, 2.05) is 7.05 Å². The topological polar surface area (TPSA) is 59.1 Å². The Morgan fingerprint density at radius 3 is 2.79 bits per heavy atom. The van der Waals surface area contributed by atoms with E-state index in [2.05, 4.69) is 34.4 Å². The Bertz CT molecular complexity index is 402. The van der Waals surface area contributed by atoms with Crippen LogP contribution < -0.4 is 10.6 Å². The van der Waals surface area contributed by atoms with Gasteiger partial charge in [-0.05, 0) is 24.7 Å². The van der Waals surface area contributed by atoms with Crippen LogP contribution in [0, 0.1) is 5.92 Å². The highest BCUT2D eigenvalue weighted by Gasteiger charge is 2.17. The molecule has 19 heavy (non-hydrogen) atoms. The third-order valence-electron chi connectivity index (χ3n) is 3.57. The molecule has 1 aromatic heterocycles. The fourth-order valence-corrected chi connectivity index (χ4v) is 2.49. The van der Waals surface area contributed by atoms with Gasteiger partial charge in [-0.2, -0.15) is 0 Å². The minimum Gasteiger partial charge on any atom is -0.381 e. The lowest BCUT2D eigenvalue weighted by Crippen LogP contribution is -2.13. The van der Waals surface area contributed by atoms with Crippen molar-refractivity contribution in [3.63, 3.8) is 0 Å². The van der Waals surface area contributed by atoms with E-state index < -0.39 is 0 Å². The maximum Gasteiger partial charge on any atom is 0.134 e. The highest BCUT2D eigenvalue weighted by molar-refractivity contribution is 5.58. The molecular weight excluding hydrogens is 240 g/mol. The largest absolute Gasteiger partial charge is 0.381 e. The van der Waals surface area contributed by atoms with Gasteiger partial charge in [-0.3, -0.25) is 0 Å². The van der Waals surface area contributed by atoms with Crippen LogP contribution in [0.3, 0.4) is 0 Å². The molecule has 5 nitrogen and oxygen atoms in total. The molecule has 1 atom stereocenters. The molecule has 0 radical (unpaired) electrons. The maximum atomic E-state index is 5.39. The van der Waals surface area contributed by atoms with Gasteiger partial charge in [-0.15, -0.1) is 0 Å². The summed E-state index contributed by atoms with van der Waals surface area (Å²) in [7, 11) is 1.90. The number of aromatic nitrogens is 2. The lowest BCUT2D eigenvalue weighted by atomic mass is 10.0. The molecule has 2 heterocycles. The summed E-state index contributed by atoms with van der Waals surface area (Å²) in [6.07, 6.45) is 3.93. The second kappa shape index (κ2) is 6.70. The van der Waals surface area contributed by atoms with Crippen molar-refractivity contribution in [1.29, 1.82) is 0 Å². The first-order valence-electron chi connectivity index (χ1n) is 7.06. The van der Waals surface area contributed by atoms with Crippen molar-refractivity contribution >= 4 is 11.6 Å². The van der Waals surface area contributed by atoms with E-state index in [1.54, 1.807) is 6.33 Å². The Morgan fingerprint density at radius 2 is 2.16 bits per heavy atom. The Hall–Kier alpha value is -1.36. The Kier molecular flexibility index (Phi) is 4.96. The lowest BCUT2D eigenvalue weighted by molar-refractivity contribution is 0.185. The van der Waals surface area contributed by atoms with Gasteiger partial charge in [0.2, 0.25) is 0 Å². The third kappa shape index (κ3) is 3.56. The van der Waals surface area contributed by atoms with Gasteiger partial charge in [0.25, 0.3) is 0 Å². The van der Waals surface area contributed by atoms with E-state index in [-0.39, 0.29) is 0 Å². The van der Waals surface area contributed by atoms with Gasteiger partial charge >= 0.3 is 0 Å². The van der Waals surface area contributed by atoms with E-state index in [0.717, 1.165) is 43.4 Å². The van der Waals surface area contributed by atoms with Crippen molar-refractivity contribution in [1.82, 2.24) is 9.97 Å². The molecule has 1 fully saturated rings. The van der Waals surface area contributed by atoms with E-state index >= 15 is 0 Å². The Labute approximate surface area is 115 Å². The molecule has 0 saturated carbocycles. The normalized spacial score (nSPS) is 18.8. The molecule has 1 unspecified atom stereocenters. The molecule has 106 valence electrons. The molecule has 1 aromatic rings. The lowest BCUT2D eigenvalue weighted by Gasteiger charge is -2.17. The zero-order chi connectivity index (χ0) is 13.7. The quantitative estimate of drug-likeness (QED) is 0.826. The number of rotatable bonds is 6. The number of hydrogen-bond acceptors (Lipinski definition) is 5. The molecule has 1 saturated heterocycles. The zero-order valence-electron chi connectivity index (χ0n) is 12.1. The van der Waals surface area contributed by atoms with Crippen LogP contribution in [0.1, 0.15) is 38.2 Å². The van der Waals surface area contributed by atoms with Crippen LogP contribution in [-0.2, 0) is 4.74 Å². The van der Waals surface area contributed by atoms with E-state index in [9.17, 15) is 0 Å². The van der Waals surface area contributed by atoms with Gasteiger partial charge in [0.05, 0.1) is 0 Å². The van der Waals surface area contributed by atoms with Crippen molar-refractivity contribution in [2.45, 2.75) is 32.6 Å². The third-order valence-corrected chi connectivity index (χ3v) is 3.57. The number of hydrogen-bond donors (Lipinski definition) is 2. The first-order chi connectivity index (χ1) is 9.22. The second-order valence-corrected chi connectivity index (χ2v) is 5.33. The van der Waals surface area contributed by atoms with Crippen LogP contribution in [-0.4, -0.2) is 36.8 Å². The number of anilines is 2. The maximum absolute atomic E-state index is 5.39. The summed E-state index contributed by atoms with van der Waals surface area (Å²) in [5.74, 6) is 2.95. The molecule has 1 aliphatic rings. The monoisotopic (exact) mass is 264 g/mol. The first-order valence-corrected chi connectivity index (χ1v) is 7.06.